The van der Waals surface area contributed by atoms with Gasteiger partial charge in [0.2, 0.25) is 0 Å². The van der Waals surface area contributed by atoms with Crippen LogP contribution in [-0.2, 0) is 19.1 Å². The predicted molar refractivity (Wildman–Crippen MR) is 245 cm³/mol. The van der Waals surface area contributed by atoms with Crippen LogP contribution >= 0.6 is 0 Å². The van der Waals surface area contributed by atoms with Gasteiger partial charge in [-0.15, -0.1) is 0 Å². The van der Waals surface area contributed by atoms with Crippen molar-refractivity contribution in [3.8, 4) is 0 Å². The van der Waals surface area contributed by atoms with Crippen molar-refractivity contribution in [3.05, 3.63) is 0 Å². The Kier molecular flexibility index (Phi) is 42.0. The smallest absolute Gasteiger partial charge is 0.305 e. The molecule has 0 heterocycles. The van der Waals surface area contributed by atoms with Gasteiger partial charge in [-0.3, -0.25) is 9.59 Å². The lowest BCUT2D eigenvalue weighted by atomic mass is 9.91. The lowest BCUT2D eigenvalue weighted by Gasteiger charge is -2.24. The molecule has 7 nitrogen and oxygen atoms in total. The van der Waals surface area contributed by atoms with Gasteiger partial charge in [0.15, 0.2) is 0 Å². The van der Waals surface area contributed by atoms with Gasteiger partial charge in [-0.25, -0.2) is 0 Å². The number of likely N-dealkylation sites (N-methyl/N-ethyl adjacent to an activating group) is 1. The first-order valence-corrected chi connectivity index (χ1v) is 25.1. The zero-order valence-corrected chi connectivity index (χ0v) is 39.3. The average Bonchev–Trinajstić information content (AvgIpc) is 3.19. The summed E-state index contributed by atoms with van der Waals surface area (Å²) < 4.78 is 11.3. The normalized spacial score (nSPS) is 12.4. The Morgan fingerprint density at radius 1 is 0.439 bits per heavy atom. The van der Waals surface area contributed by atoms with Gasteiger partial charge in [0.1, 0.15) is 0 Å². The first-order valence-electron chi connectivity index (χ1n) is 25.1. The highest BCUT2D eigenvalue weighted by Crippen LogP contribution is 2.24. The molecule has 0 bridgehead atoms. The fraction of sp³-hybridized carbons (Fsp3) is 0.960. The van der Waals surface area contributed by atoms with Crippen LogP contribution in [0.5, 0.6) is 0 Å². The van der Waals surface area contributed by atoms with Gasteiger partial charge in [-0.1, -0.05) is 169 Å². The van der Waals surface area contributed by atoms with Crippen LogP contribution < -0.4 is 0 Å². The van der Waals surface area contributed by atoms with Gasteiger partial charge in [-0.2, -0.15) is 0 Å². The Morgan fingerprint density at radius 3 is 1.14 bits per heavy atom. The summed E-state index contributed by atoms with van der Waals surface area (Å²) in [4.78, 5) is 29.5. The SMILES string of the molecule is CCCCCCC(CCCCCC)CCCOC(=O)CCCCCN(CCCCCC(=O)OCCCC(CCCCCC)CCCCCC)CCC(O)CN(C)C. The summed E-state index contributed by atoms with van der Waals surface area (Å²) in [6.45, 7) is 13.7. The quantitative estimate of drug-likeness (QED) is 0.0485. The molecule has 1 atom stereocenters. The van der Waals surface area contributed by atoms with E-state index in [4.69, 9.17) is 9.47 Å². The number of nitrogens with zero attached hydrogens (tertiary/aromatic N) is 2. The topological polar surface area (TPSA) is 79.3 Å². The van der Waals surface area contributed by atoms with Crippen molar-refractivity contribution >= 4 is 11.9 Å². The summed E-state index contributed by atoms with van der Waals surface area (Å²) >= 11 is 0. The highest BCUT2D eigenvalue weighted by molar-refractivity contribution is 5.69. The van der Waals surface area contributed by atoms with Gasteiger partial charge in [-0.05, 0) is 96.8 Å². The van der Waals surface area contributed by atoms with Crippen LogP contribution in [0.4, 0.5) is 0 Å². The maximum Gasteiger partial charge on any atom is 0.305 e. The molecule has 7 heteroatoms. The second kappa shape index (κ2) is 42.9. The zero-order chi connectivity index (χ0) is 42.0. The Bertz CT molecular complexity index is 773. The van der Waals surface area contributed by atoms with Crippen molar-refractivity contribution in [2.75, 3.05) is 53.5 Å². The van der Waals surface area contributed by atoms with Crippen LogP contribution in [0.25, 0.3) is 0 Å². The van der Waals surface area contributed by atoms with Gasteiger partial charge in [0, 0.05) is 25.9 Å². The number of unbranched alkanes of at least 4 members (excludes halogenated alkanes) is 16. The second-order valence-corrected chi connectivity index (χ2v) is 18.0. The number of hydrogen-bond donors (Lipinski definition) is 1. The Balaban J connectivity index is 4.42. The second-order valence-electron chi connectivity index (χ2n) is 18.0. The van der Waals surface area contributed by atoms with E-state index in [1.165, 1.54) is 141 Å². The van der Waals surface area contributed by atoms with E-state index in [-0.39, 0.29) is 18.0 Å². The lowest BCUT2D eigenvalue weighted by Crippen LogP contribution is -2.33. The molecule has 0 fully saturated rings. The highest BCUT2D eigenvalue weighted by Gasteiger charge is 2.14. The van der Waals surface area contributed by atoms with Crippen molar-refractivity contribution in [2.45, 2.75) is 246 Å². The van der Waals surface area contributed by atoms with E-state index >= 15 is 0 Å². The molecule has 0 aromatic rings. The highest BCUT2D eigenvalue weighted by atomic mass is 16.5. The minimum atomic E-state index is -0.332. The molecule has 0 aromatic carbocycles. The molecule has 1 unspecified atom stereocenters. The number of rotatable bonds is 45. The standard InChI is InChI=1S/C50H100N2O5/c1-7-11-15-21-31-46(32-22-16-12-8-2)35-29-43-56-49(54)37-25-19-27-40-52(42-39-48(53)45-51(5)6)41-28-20-26-38-50(55)57-44-30-36-47(33-23-17-13-9-3)34-24-18-14-10-4/h46-48,53H,7-45H2,1-6H3. The van der Waals surface area contributed by atoms with Crippen molar-refractivity contribution < 1.29 is 24.2 Å². The number of aliphatic hydroxyl groups is 1. The van der Waals surface area contributed by atoms with Crippen LogP contribution in [0.2, 0.25) is 0 Å². The molecule has 0 aliphatic rings. The minimum Gasteiger partial charge on any atom is -0.466 e. The monoisotopic (exact) mass is 809 g/mol. The molecular weight excluding hydrogens is 709 g/mol. The molecule has 0 aliphatic heterocycles. The van der Waals surface area contributed by atoms with Crippen LogP contribution in [0, 0.1) is 11.8 Å². The predicted octanol–water partition coefficient (Wildman–Crippen LogP) is 13.5. The van der Waals surface area contributed by atoms with Gasteiger partial charge >= 0.3 is 11.9 Å². The minimum absolute atomic E-state index is 0.0422. The summed E-state index contributed by atoms with van der Waals surface area (Å²) in [6, 6.07) is 0. The molecule has 0 saturated heterocycles. The number of carbonyl (C=O) groups excluding carboxylic acids is 2. The molecule has 0 aromatic heterocycles. The average molecular weight is 809 g/mol. The molecule has 0 aliphatic carbocycles. The van der Waals surface area contributed by atoms with Gasteiger partial charge in [0.25, 0.3) is 0 Å². The number of ether oxygens (including phenoxy) is 2. The maximum absolute atomic E-state index is 12.5. The first kappa shape index (κ1) is 55.8. The number of carbonyl (C=O) groups is 2. The third-order valence-electron chi connectivity index (χ3n) is 12.0. The van der Waals surface area contributed by atoms with Gasteiger partial charge < -0.3 is 24.4 Å². The van der Waals surface area contributed by atoms with Gasteiger partial charge in [0.05, 0.1) is 19.3 Å². The summed E-state index contributed by atoms with van der Waals surface area (Å²) in [7, 11) is 4.00. The molecular formula is C50H100N2O5. The van der Waals surface area contributed by atoms with Crippen molar-refractivity contribution in [2.24, 2.45) is 11.8 Å². The van der Waals surface area contributed by atoms with E-state index < -0.39 is 0 Å². The lowest BCUT2D eigenvalue weighted by molar-refractivity contribution is -0.144. The first-order chi connectivity index (χ1) is 27.7. The van der Waals surface area contributed by atoms with Crippen LogP contribution in [0.3, 0.4) is 0 Å². The number of aliphatic hydroxyl groups excluding tert-OH is 1. The fourth-order valence-electron chi connectivity index (χ4n) is 8.31. The van der Waals surface area contributed by atoms with Crippen LogP contribution in [-0.4, -0.2) is 86.4 Å². The van der Waals surface area contributed by atoms with E-state index in [2.05, 4.69) is 32.6 Å². The summed E-state index contributed by atoms with van der Waals surface area (Å²) in [5.74, 6) is 1.49. The zero-order valence-electron chi connectivity index (χ0n) is 39.3. The van der Waals surface area contributed by atoms with Crippen LogP contribution in [0.1, 0.15) is 240 Å². The summed E-state index contributed by atoms with van der Waals surface area (Å²) in [5, 5.41) is 10.5. The number of esters is 2. The molecule has 1 N–H and O–H groups in total. The molecule has 340 valence electrons. The van der Waals surface area contributed by atoms with E-state index in [9.17, 15) is 14.7 Å². The van der Waals surface area contributed by atoms with E-state index in [0.29, 0.717) is 32.6 Å². The summed E-state index contributed by atoms with van der Waals surface area (Å²) in [5.41, 5.74) is 0. The Labute approximate surface area is 355 Å². The van der Waals surface area contributed by atoms with E-state index in [1.54, 1.807) is 0 Å². The van der Waals surface area contributed by atoms with Crippen molar-refractivity contribution in [1.29, 1.82) is 0 Å². The third-order valence-corrected chi connectivity index (χ3v) is 12.0. The van der Waals surface area contributed by atoms with E-state index in [0.717, 1.165) is 89.3 Å². The molecule has 0 saturated carbocycles. The Hall–Kier alpha value is -1.18. The fourth-order valence-corrected chi connectivity index (χ4v) is 8.31. The number of hydrogen-bond acceptors (Lipinski definition) is 7. The van der Waals surface area contributed by atoms with Crippen molar-refractivity contribution in [1.82, 2.24) is 9.80 Å². The third kappa shape index (κ3) is 40.0. The van der Waals surface area contributed by atoms with E-state index in [1.807, 2.05) is 19.0 Å². The molecule has 0 spiro atoms. The van der Waals surface area contributed by atoms with Crippen LogP contribution in [0.15, 0.2) is 0 Å². The van der Waals surface area contributed by atoms with Crippen molar-refractivity contribution in [3.63, 3.8) is 0 Å². The molecule has 57 heavy (non-hydrogen) atoms. The maximum atomic E-state index is 12.5. The summed E-state index contributed by atoms with van der Waals surface area (Å²) in [6.07, 6.45) is 38.3. The largest absolute Gasteiger partial charge is 0.466 e. The molecule has 0 radical (unpaired) electrons. The Morgan fingerprint density at radius 2 is 0.789 bits per heavy atom. The molecule has 0 amide bonds. The molecule has 0 rings (SSSR count).